The highest BCUT2D eigenvalue weighted by Gasteiger charge is 2.12. The normalized spacial score (nSPS) is 10.3. The van der Waals surface area contributed by atoms with E-state index in [1.54, 1.807) is 4.68 Å². The lowest BCUT2D eigenvalue weighted by Gasteiger charge is -2.04. The molecule has 0 spiro atoms. The van der Waals surface area contributed by atoms with Gasteiger partial charge in [-0.2, -0.15) is 5.10 Å². The summed E-state index contributed by atoms with van der Waals surface area (Å²) >= 11 is 5.77. The molecular weight excluding hydrogens is 258 g/mol. The van der Waals surface area contributed by atoms with Gasteiger partial charge in [-0.1, -0.05) is 11.6 Å². The van der Waals surface area contributed by atoms with E-state index in [9.17, 15) is 10.1 Å². The maximum absolute atomic E-state index is 10.6. The lowest BCUT2D eigenvalue weighted by molar-refractivity contribution is -0.384. The van der Waals surface area contributed by atoms with Crippen LogP contribution >= 0.6 is 11.6 Å². The van der Waals surface area contributed by atoms with Crippen LogP contribution in [-0.4, -0.2) is 14.7 Å². The third kappa shape index (κ3) is 2.78. The van der Waals surface area contributed by atoms with E-state index < -0.39 is 4.92 Å². The van der Waals surface area contributed by atoms with Crippen molar-refractivity contribution in [1.29, 1.82) is 0 Å². The first-order chi connectivity index (χ1) is 8.56. The molecule has 0 bridgehead atoms. The average Bonchev–Trinajstić information content (AvgIpc) is 2.72. The van der Waals surface area contributed by atoms with Crippen LogP contribution in [0.1, 0.15) is 5.69 Å². The van der Waals surface area contributed by atoms with Gasteiger partial charge in [-0.3, -0.25) is 14.8 Å². The summed E-state index contributed by atoms with van der Waals surface area (Å²) in [5.41, 5.74) is 0.633. The molecular formula is C11H10ClN3O3. The minimum absolute atomic E-state index is 0.0542. The van der Waals surface area contributed by atoms with Crippen molar-refractivity contribution in [3.05, 3.63) is 51.3 Å². The molecule has 0 radical (unpaired) electrons. The highest BCUT2D eigenvalue weighted by molar-refractivity contribution is 6.32. The lowest BCUT2D eigenvalue weighted by Crippen LogP contribution is -1.98. The van der Waals surface area contributed by atoms with Gasteiger partial charge in [0.15, 0.2) is 0 Å². The maximum atomic E-state index is 10.6. The van der Waals surface area contributed by atoms with Crippen molar-refractivity contribution in [2.75, 3.05) is 0 Å². The molecule has 1 aromatic carbocycles. The Kier molecular flexibility index (Phi) is 3.47. The summed E-state index contributed by atoms with van der Waals surface area (Å²) in [5.74, 6) is 0.469. The molecule has 0 aliphatic heterocycles. The third-order valence-electron chi connectivity index (χ3n) is 2.27. The molecule has 0 atom stereocenters. The Hall–Kier alpha value is -2.08. The number of aryl methyl sites for hydroxylation is 1. The van der Waals surface area contributed by atoms with Crippen molar-refractivity contribution < 1.29 is 9.66 Å². The Balaban J connectivity index is 2.06. The van der Waals surface area contributed by atoms with E-state index in [2.05, 4.69) is 5.10 Å². The van der Waals surface area contributed by atoms with Crippen LogP contribution in [0.15, 0.2) is 30.5 Å². The number of hydrogen-bond donors (Lipinski definition) is 0. The summed E-state index contributed by atoms with van der Waals surface area (Å²) < 4.78 is 7.11. The minimum Gasteiger partial charge on any atom is -0.487 e. The third-order valence-corrected chi connectivity index (χ3v) is 2.57. The second-order valence-corrected chi connectivity index (χ2v) is 4.05. The Bertz CT molecular complexity index is 583. The molecule has 0 aliphatic rings. The van der Waals surface area contributed by atoms with Crippen LogP contribution in [0.2, 0.25) is 5.02 Å². The SMILES string of the molecule is Cn1ccc(COc2ccc([N+](=O)[O-])c(Cl)c2)n1. The van der Waals surface area contributed by atoms with E-state index in [1.807, 2.05) is 19.3 Å². The minimum atomic E-state index is -0.537. The van der Waals surface area contributed by atoms with Gasteiger partial charge >= 0.3 is 0 Å². The van der Waals surface area contributed by atoms with Crippen LogP contribution < -0.4 is 4.74 Å². The molecule has 7 heteroatoms. The number of halogens is 1. The summed E-state index contributed by atoms with van der Waals surface area (Å²) in [6, 6.07) is 6.07. The number of aromatic nitrogens is 2. The molecule has 1 aromatic heterocycles. The quantitative estimate of drug-likeness (QED) is 0.630. The smallest absolute Gasteiger partial charge is 0.288 e. The molecule has 0 saturated heterocycles. The van der Waals surface area contributed by atoms with Crippen LogP contribution in [0.5, 0.6) is 5.75 Å². The van der Waals surface area contributed by atoms with Crippen LogP contribution in [0.3, 0.4) is 0 Å². The van der Waals surface area contributed by atoms with E-state index in [0.717, 1.165) is 5.69 Å². The van der Waals surface area contributed by atoms with Crippen LogP contribution in [0.25, 0.3) is 0 Å². The predicted molar refractivity (Wildman–Crippen MR) is 65.6 cm³/mol. The highest BCUT2D eigenvalue weighted by Crippen LogP contribution is 2.28. The van der Waals surface area contributed by atoms with Gasteiger partial charge in [0.05, 0.1) is 10.6 Å². The van der Waals surface area contributed by atoms with Gasteiger partial charge < -0.3 is 4.74 Å². The molecule has 18 heavy (non-hydrogen) atoms. The Labute approximate surface area is 108 Å². The largest absolute Gasteiger partial charge is 0.487 e. The lowest BCUT2D eigenvalue weighted by atomic mass is 10.3. The number of benzene rings is 1. The molecule has 0 amide bonds. The average molecular weight is 268 g/mol. The van der Waals surface area contributed by atoms with Gasteiger partial charge in [-0.15, -0.1) is 0 Å². The van der Waals surface area contributed by atoms with Crippen LogP contribution in [0.4, 0.5) is 5.69 Å². The fourth-order valence-corrected chi connectivity index (χ4v) is 1.66. The first kappa shape index (κ1) is 12.4. The van der Waals surface area contributed by atoms with E-state index in [-0.39, 0.29) is 17.3 Å². The molecule has 94 valence electrons. The molecule has 0 saturated carbocycles. The fraction of sp³-hybridized carbons (Fsp3) is 0.182. The van der Waals surface area contributed by atoms with Crippen molar-refractivity contribution in [3.63, 3.8) is 0 Å². The number of nitro groups is 1. The molecule has 0 aliphatic carbocycles. The van der Waals surface area contributed by atoms with E-state index in [0.29, 0.717) is 5.75 Å². The number of rotatable bonds is 4. The van der Waals surface area contributed by atoms with Crippen molar-refractivity contribution in [2.45, 2.75) is 6.61 Å². The summed E-state index contributed by atoms with van der Waals surface area (Å²) in [6.07, 6.45) is 1.81. The monoisotopic (exact) mass is 267 g/mol. The standard InChI is InChI=1S/C11H10ClN3O3/c1-14-5-4-8(13-14)7-18-9-2-3-11(15(16)17)10(12)6-9/h2-6H,7H2,1H3. The first-order valence-electron chi connectivity index (χ1n) is 5.11. The second-order valence-electron chi connectivity index (χ2n) is 3.64. The van der Waals surface area contributed by atoms with Crippen molar-refractivity contribution >= 4 is 17.3 Å². The summed E-state index contributed by atoms with van der Waals surface area (Å²) in [6.45, 7) is 0.287. The summed E-state index contributed by atoms with van der Waals surface area (Å²) in [5, 5.41) is 14.8. The molecule has 1 heterocycles. The molecule has 6 nitrogen and oxygen atoms in total. The van der Waals surface area contributed by atoms with E-state index in [4.69, 9.17) is 16.3 Å². The predicted octanol–water partition coefficient (Wildman–Crippen LogP) is 2.56. The zero-order valence-electron chi connectivity index (χ0n) is 9.54. The zero-order valence-corrected chi connectivity index (χ0v) is 10.3. The van der Waals surface area contributed by atoms with Gasteiger partial charge in [0.25, 0.3) is 5.69 Å². The number of nitro benzene ring substituents is 1. The number of hydrogen-bond acceptors (Lipinski definition) is 4. The summed E-state index contributed by atoms with van der Waals surface area (Å²) in [7, 11) is 1.81. The van der Waals surface area contributed by atoms with Gasteiger partial charge in [0.2, 0.25) is 0 Å². The Morgan fingerprint density at radius 3 is 2.83 bits per heavy atom. The van der Waals surface area contributed by atoms with Gasteiger partial charge in [0, 0.05) is 25.4 Å². The molecule has 0 N–H and O–H groups in total. The van der Waals surface area contributed by atoms with Crippen LogP contribution in [0, 0.1) is 10.1 Å². The van der Waals surface area contributed by atoms with Crippen molar-refractivity contribution in [3.8, 4) is 5.75 Å². The Morgan fingerprint density at radius 1 is 1.50 bits per heavy atom. The topological polar surface area (TPSA) is 70.2 Å². The van der Waals surface area contributed by atoms with E-state index in [1.165, 1.54) is 18.2 Å². The molecule has 0 unspecified atom stereocenters. The van der Waals surface area contributed by atoms with Crippen molar-refractivity contribution in [1.82, 2.24) is 9.78 Å². The number of ether oxygens (including phenoxy) is 1. The van der Waals surface area contributed by atoms with Crippen molar-refractivity contribution in [2.24, 2.45) is 7.05 Å². The molecule has 2 aromatic rings. The van der Waals surface area contributed by atoms with Gasteiger partial charge in [0.1, 0.15) is 17.4 Å². The van der Waals surface area contributed by atoms with Gasteiger partial charge in [-0.05, 0) is 12.1 Å². The maximum Gasteiger partial charge on any atom is 0.288 e. The zero-order chi connectivity index (χ0) is 13.1. The summed E-state index contributed by atoms with van der Waals surface area (Å²) in [4.78, 5) is 10.0. The first-order valence-corrected chi connectivity index (χ1v) is 5.49. The van der Waals surface area contributed by atoms with E-state index >= 15 is 0 Å². The highest BCUT2D eigenvalue weighted by atomic mass is 35.5. The fourth-order valence-electron chi connectivity index (χ4n) is 1.42. The Morgan fingerprint density at radius 2 is 2.28 bits per heavy atom. The van der Waals surface area contributed by atoms with Gasteiger partial charge in [-0.25, -0.2) is 0 Å². The molecule has 2 rings (SSSR count). The second kappa shape index (κ2) is 5.05. The molecule has 0 fully saturated rings. The van der Waals surface area contributed by atoms with Crippen LogP contribution in [-0.2, 0) is 13.7 Å². The number of nitrogens with zero attached hydrogens (tertiary/aromatic N) is 3.